The topological polar surface area (TPSA) is 32.5 Å². The molecule has 2 rings (SSSR count). The molecule has 1 aromatic carbocycles. The van der Waals surface area contributed by atoms with Crippen LogP contribution in [0, 0.1) is 5.82 Å². The number of rotatable bonds is 5. The third-order valence-electron chi connectivity index (χ3n) is 5.00. The Morgan fingerprint density at radius 2 is 1.86 bits per heavy atom. The third-order valence-corrected chi connectivity index (χ3v) is 5.00. The zero-order valence-corrected chi connectivity index (χ0v) is 13.4. The summed E-state index contributed by atoms with van der Waals surface area (Å²) in [6.45, 7) is 7.87. The monoisotopic (exact) mass is 293 g/mol. The molecule has 0 bridgehead atoms. The van der Waals surface area contributed by atoms with E-state index in [0.29, 0.717) is 6.04 Å². The van der Waals surface area contributed by atoms with E-state index in [9.17, 15) is 4.39 Å². The van der Waals surface area contributed by atoms with E-state index in [-0.39, 0.29) is 17.9 Å². The first kappa shape index (κ1) is 16.4. The Balaban J connectivity index is 1.95. The van der Waals surface area contributed by atoms with Crippen LogP contribution in [0.25, 0.3) is 0 Å². The number of nitrogens with two attached hydrogens (primary N) is 1. The van der Waals surface area contributed by atoms with Gasteiger partial charge in [0.2, 0.25) is 0 Å². The molecule has 1 aromatic rings. The molecule has 118 valence electrons. The minimum absolute atomic E-state index is 0.0835. The minimum atomic E-state index is -0.209. The van der Waals surface area contributed by atoms with Crippen molar-refractivity contribution >= 4 is 0 Å². The van der Waals surface area contributed by atoms with Gasteiger partial charge in [0, 0.05) is 18.1 Å². The molecule has 0 amide bonds. The second-order valence-corrected chi connectivity index (χ2v) is 6.15. The summed E-state index contributed by atoms with van der Waals surface area (Å²) >= 11 is 0. The van der Waals surface area contributed by atoms with E-state index in [0.717, 1.165) is 12.1 Å². The number of hydrogen-bond donors (Lipinski definition) is 1. The van der Waals surface area contributed by atoms with E-state index in [4.69, 9.17) is 5.73 Å². The van der Waals surface area contributed by atoms with Gasteiger partial charge in [-0.2, -0.15) is 0 Å². The van der Waals surface area contributed by atoms with E-state index >= 15 is 0 Å². The Morgan fingerprint density at radius 3 is 2.38 bits per heavy atom. The predicted octanol–water partition coefficient (Wildman–Crippen LogP) is 2.63. The number of hydrogen-bond acceptors (Lipinski definition) is 3. The molecule has 0 spiro atoms. The Kier molecular flexibility index (Phi) is 5.73. The van der Waals surface area contributed by atoms with Gasteiger partial charge in [-0.15, -0.1) is 0 Å². The molecule has 3 nitrogen and oxygen atoms in total. The molecule has 1 heterocycles. The first-order chi connectivity index (χ1) is 10.0. The van der Waals surface area contributed by atoms with Crippen LogP contribution in [0.5, 0.6) is 0 Å². The predicted molar refractivity (Wildman–Crippen MR) is 85.7 cm³/mol. The largest absolute Gasteiger partial charge is 0.323 e. The highest BCUT2D eigenvalue weighted by atomic mass is 19.1. The molecular weight excluding hydrogens is 265 g/mol. The van der Waals surface area contributed by atoms with Gasteiger partial charge in [-0.05, 0) is 64.1 Å². The first-order valence-electron chi connectivity index (χ1n) is 7.98. The number of nitrogens with zero attached hydrogens (tertiary/aromatic N) is 2. The molecule has 0 aliphatic carbocycles. The SMILES string of the molecule is CCN1CCC(N(C)C(C)C(N)c2ccc(F)cc2)CC1. The van der Waals surface area contributed by atoms with Gasteiger partial charge in [0.05, 0.1) is 0 Å². The van der Waals surface area contributed by atoms with Gasteiger partial charge in [0.25, 0.3) is 0 Å². The van der Waals surface area contributed by atoms with Crippen molar-refractivity contribution in [3.8, 4) is 0 Å². The van der Waals surface area contributed by atoms with Crippen molar-refractivity contribution in [1.82, 2.24) is 9.80 Å². The van der Waals surface area contributed by atoms with Crippen LogP contribution < -0.4 is 5.73 Å². The molecule has 2 atom stereocenters. The summed E-state index contributed by atoms with van der Waals surface area (Å²) < 4.78 is 13.0. The van der Waals surface area contributed by atoms with Gasteiger partial charge in [0.1, 0.15) is 5.82 Å². The lowest BCUT2D eigenvalue weighted by Gasteiger charge is -2.40. The fourth-order valence-corrected chi connectivity index (χ4v) is 3.19. The fourth-order valence-electron chi connectivity index (χ4n) is 3.19. The van der Waals surface area contributed by atoms with Gasteiger partial charge in [-0.25, -0.2) is 4.39 Å². The van der Waals surface area contributed by atoms with Crippen LogP contribution in [0.2, 0.25) is 0 Å². The van der Waals surface area contributed by atoms with E-state index < -0.39 is 0 Å². The van der Waals surface area contributed by atoms with Crippen LogP contribution in [-0.2, 0) is 0 Å². The van der Waals surface area contributed by atoms with E-state index in [1.165, 1.54) is 38.1 Å². The van der Waals surface area contributed by atoms with Gasteiger partial charge in [0.15, 0.2) is 0 Å². The van der Waals surface area contributed by atoms with Crippen molar-refractivity contribution in [2.45, 2.75) is 44.8 Å². The summed E-state index contributed by atoms with van der Waals surface area (Å²) in [5.41, 5.74) is 7.38. The van der Waals surface area contributed by atoms with Crippen molar-refractivity contribution < 1.29 is 4.39 Å². The van der Waals surface area contributed by atoms with E-state index in [1.807, 2.05) is 0 Å². The van der Waals surface area contributed by atoms with Crippen molar-refractivity contribution in [2.75, 3.05) is 26.7 Å². The molecule has 2 unspecified atom stereocenters. The summed E-state index contributed by atoms with van der Waals surface area (Å²) in [6.07, 6.45) is 2.40. The zero-order chi connectivity index (χ0) is 15.4. The maximum absolute atomic E-state index is 13.0. The lowest BCUT2D eigenvalue weighted by atomic mass is 9.96. The molecule has 1 saturated heterocycles. The Labute approximate surface area is 127 Å². The average molecular weight is 293 g/mol. The number of benzene rings is 1. The standard InChI is InChI=1S/C17H28FN3/c1-4-21-11-9-16(10-12-21)20(3)13(2)17(19)14-5-7-15(18)8-6-14/h5-8,13,16-17H,4,9-12,19H2,1-3H3. The highest BCUT2D eigenvalue weighted by Crippen LogP contribution is 2.23. The fraction of sp³-hybridized carbons (Fsp3) is 0.647. The van der Waals surface area contributed by atoms with Crippen molar-refractivity contribution in [1.29, 1.82) is 0 Å². The highest BCUT2D eigenvalue weighted by molar-refractivity contribution is 5.21. The lowest BCUT2D eigenvalue weighted by molar-refractivity contribution is 0.0944. The summed E-state index contributed by atoms with van der Waals surface area (Å²) in [6, 6.07) is 7.32. The first-order valence-corrected chi connectivity index (χ1v) is 7.98. The summed E-state index contributed by atoms with van der Waals surface area (Å²) in [5.74, 6) is -0.209. The van der Waals surface area contributed by atoms with Gasteiger partial charge in [-0.3, -0.25) is 4.90 Å². The Bertz CT molecular complexity index is 426. The summed E-state index contributed by atoms with van der Waals surface area (Å²) in [4.78, 5) is 4.90. The maximum atomic E-state index is 13.0. The molecule has 0 radical (unpaired) electrons. The molecule has 2 N–H and O–H groups in total. The van der Waals surface area contributed by atoms with Crippen LogP contribution in [0.1, 0.15) is 38.3 Å². The van der Waals surface area contributed by atoms with Crippen LogP contribution in [0.15, 0.2) is 24.3 Å². The molecule has 4 heteroatoms. The summed E-state index contributed by atoms with van der Waals surface area (Å²) in [5, 5.41) is 0. The van der Waals surface area contributed by atoms with E-state index in [2.05, 4.69) is 30.7 Å². The van der Waals surface area contributed by atoms with E-state index in [1.54, 1.807) is 12.1 Å². The summed E-state index contributed by atoms with van der Waals surface area (Å²) in [7, 11) is 2.17. The second kappa shape index (κ2) is 7.34. The molecular formula is C17H28FN3. The second-order valence-electron chi connectivity index (χ2n) is 6.15. The molecule has 21 heavy (non-hydrogen) atoms. The molecule has 1 aliphatic heterocycles. The maximum Gasteiger partial charge on any atom is 0.123 e. The highest BCUT2D eigenvalue weighted by Gasteiger charge is 2.27. The minimum Gasteiger partial charge on any atom is -0.323 e. The van der Waals surface area contributed by atoms with Gasteiger partial charge < -0.3 is 10.6 Å². The number of likely N-dealkylation sites (N-methyl/N-ethyl adjacent to an activating group) is 1. The van der Waals surface area contributed by atoms with Crippen LogP contribution in [0.3, 0.4) is 0 Å². The number of halogens is 1. The molecule has 0 aromatic heterocycles. The van der Waals surface area contributed by atoms with Gasteiger partial charge >= 0.3 is 0 Å². The van der Waals surface area contributed by atoms with Crippen LogP contribution in [0.4, 0.5) is 4.39 Å². The third kappa shape index (κ3) is 4.02. The lowest BCUT2D eigenvalue weighted by Crippen LogP contribution is -2.49. The Morgan fingerprint density at radius 1 is 1.29 bits per heavy atom. The molecule has 1 aliphatic rings. The normalized spacial score (nSPS) is 20.7. The zero-order valence-electron chi connectivity index (χ0n) is 13.4. The van der Waals surface area contributed by atoms with Crippen molar-refractivity contribution in [3.63, 3.8) is 0 Å². The van der Waals surface area contributed by atoms with Crippen molar-refractivity contribution in [3.05, 3.63) is 35.6 Å². The average Bonchev–Trinajstić information content (AvgIpc) is 2.53. The van der Waals surface area contributed by atoms with Crippen LogP contribution >= 0.6 is 0 Å². The quantitative estimate of drug-likeness (QED) is 0.906. The smallest absolute Gasteiger partial charge is 0.123 e. The molecule has 1 fully saturated rings. The van der Waals surface area contributed by atoms with Gasteiger partial charge in [-0.1, -0.05) is 19.1 Å². The van der Waals surface area contributed by atoms with Crippen molar-refractivity contribution in [2.24, 2.45) is 5.73 Å². The number of likely N-dealkylation sites (tertiary alicyclic amines) is 1. The number of piperidine rings is 1. The molecule has 0 saturated carbocycles. The Hall–Kier alpha value is -0.970. The van der Waals surface area contributed by atoms with Crippen LogP contribution in [-0.4, -0.2) is 48.6 Å².